The van der Waals surface area contributed by atoms with Crippen LogP contribution in [0.15, 0.2) is 23.8 Å². The third kappa shape index (κ3) is 2.38. The maximum Gasteiger partial charge on any atom is 0.0968 e. The van der Waals surface area contributed by atoms with Crippen molar-refractivity contribution in [3.05, 3.63) is 40.5 Å². The van der Waals surface area contributed by atoms with Gasteiger partial charge in [0.1, 0.15) is 0 Å². The molecular weight excluding hydrogens is 184 g/mol. The smallest absolute Gasteiger partial charge is 0.0968 e. The highest BCUT2D eigenvalue weighted by Crippen LogP contribution is 2.18. The van der Waals surface area contributed by atoms with Crippen LogP contribution in [0.5, 0.6) is 0 Å². The van der Waals surface area contributed by atoms with Crippen molar-refractivity contribution in [3.63, 3.8) is 0 Å². The van der Waals surface area contributed by atoms with Gasteiger partial charge in [0.05, 0.1) is 17.3 Å². The van der Waals surface area contributed by atoms with Crippen LogP contribution in [0, 0.1) is 25.2 Å². The Labute approximate surface area is 91.0 Å². The highest BCUT2D eigenvalue weighted by atomic mass is 14.6. The van der Waals surface area contributed by atoms with E-state index in [2.05, 4.69) is 13.0 Å². The molecule has 0 atom stereocenters. The molecule has 0 heterocycles. The van der Waals surface area contributed by atoms with Crippen molar-refractivity contribution in [2.24, 2.45) is 5.73 Å². The molecule has 0 aliphatic rings. The number of allylic oxidation sites excluding steroid dienone is 1. The number of aryl methyl sites for hydroxylation is 2. The predicted molar refractivity (Wildman–Crippen MR) is 62.9 cm³/mol. The summed E-state index contributed by atoms with van der Waals surface area (Å²) in [5.41, 5.74) is 10.6. The molecule has 0 fully saturated rings. The molecule has 2 nitrogen and oxygen atoms in total. The van der Waals surface area contributed by atoms with Crippen LogP contribution >= 0.6 is 0 Å². The number of rotatable bonds is 2. The van der Waals surface area contributed by atoms with Crippen LogP contribution in [0.3, 0.4) is 0 Å². The lowest BCUT2D eigenvalue weighted by atomic mass is 10.0. The monoisotopic (exact) mass is 200 g/mol. The second-order valence-electron chi connectivity index (χ2n) is 3.66. The van der Waals surface area contributed by atoms with Crippen molar-refractivity contribution in [3.8, 4) is 6.07 Å². The molecule has 0 saturated carbocycles. The minimum atomic E-state index is 0.600. The van der Waals surface area contributed by atoms with E-state index in [1.807, 2.05) is 32.0 Å². The Hall–Kier alpha value is -1.75. The zero-order valence-corrected chi connectivity index (χ0v) is 9.46. The van der Waals surface area contributed by atoms with Gasteiger partial charge in [0.15, 0.2) is 0 Å². The summed E-state index contributed by atoms with van der Waals surface area (Å²) >= 11 is 0. The minimum absolute atomic E-state index is 0.600. The van der Waals surface area contributed by atoms with E-state index in [4.69, 9.17) is 11.0 Å². The number of nitrogens with zero attached hydrogens (tertiary/aromatic N) is 1. The fraction of sp³-hybridized carbons (Fsp3) is 0.308. The maximum atomic E-state index is 8.89. The fourth-order valence-electron chi connectivity index (χ4n) is 1.41. The van der Waals surface area contributed by atoms with Crippen molar-refractivity contribution < 1.29 is 0 Å². The highest BCUT2D eigenvalue weighted by molar-refractivity contribution is 5.69. The van der Waals surface area contributed by atoms with Gasteiger partial charge in [-0.25, -0.2) is 0 Å². The van der Waals surface area contributed by atoms with E-state index in [1.54, 1.807) is 0 Å². The van der Waals surface area contributed by atoms with Gasteiger partial charge < -0.3 is 5.73 Å². The molecular formula is C13H16N2. The summed E-state index contributed by atoms with van der Waals surface area (Å²) in [7, 11) is 0. The first kappa shape index (κ1) is 11.3. The Morgan fingerprint density at radius 1 is 1.33 bits per heavy atom. The molecule has 1 aromatic rings. The number of hydrogen-bond donors (Lipinski definition) is 1. The molecule has 0 radical (unpaired) electrons. The zero-order chi connectivity index (χ0) is 11.4. The summed E-state index contributed by atoms with van der Waals surface area (Å²) in [5, 5.41) is 8.89. The molecule has 78 valence electrons. The van der Waals surface area contributed by atoms with Crippen molar-refractivity contribution in [1.29, 1.82) is 5.26 Å². The molecule has 0 aromatic heterocycles. The predicted octanol–water partition coefficient (Wildman–Crippen LogP) is 2.91. The number of nitriles is 1. The van der Waals surface area contributed by atoms with Gasteiger partial charge in [-0.1, -0.05) is 19.1 Å². The first-order valence-corrected chi connectivity index (χ1v) is 5.06. The standard InChI is InChI=1S/C13H16N2/c1-4-11(8-14)13(15)12-6-5-9(2)10(3)7-12/h5-7H,4,15H2,1-3H3/b13-11-. The summed E-state index contributed by atoms with van der Waals surface area (Å²) in [6, 6.07) is 8.16. The Balaban J connectivity index is 3.24. The Morgan fingerprint density at radius 2 is 2.00 bits per heavy atom. The lowest BCUT2D eigenvalue weighted by molar-refractivity contribution is 1.14. The molecule has 0 saturated heterocycles. The van der Waals surface area contributed by atoms with E-state index in [0.717, 1.165) is 5.56 Å². The zero-order valence-electron chi connectivity index (χ0n) is 9.46. The Morgan fingerprint density at radius 3 is 2.47 bits per heavy atom. The van der Waals surface area contributed by atoms with Crippen molar-refractivity contribution in [2.45, 2.75) is 27.2 Å². The Bertz CT molecular complexity index is 436. The molecule has 2 heteroatoms. The summed E-state index contributed by atoms with van der Waals surface area (Å²) in [5.74, 6) is 0. The first-order chi connectivity index (χ1) is 7.10. The Kier molecular flexibility index (Phi) is 3.51. The third-order valence-electron chi connectivity index (χ3n) is 2.63. The van der Waals surface area contributed by atoms with Gasteiger partial charge >= 0.3 is 0 Å². The van der Waals surface area contributed by atoms with Crippen molar-refractivity contribution in [1.82, 2.24) is 0 Å². The summed E-state index contributed by atoms with van der Waals surface area (Å²) < 4.78 is 0. The van der Waals surface area contributed by atoms with Crippen LogP contribution < -0.4 is 5.73 Å². The molecule has 0 bridgehead atoms. The third-order valence-corrected chi connectivity index (χ3v) is 2.63. The molecule has 0 unspecified atom stereocenters. The molecule has 15 heavy (non-hydrogen) atoms. The minimum Gasteiger partial charge on any atom is -0.397 e. The van der Waals surface area contributed by atoms with Gasteiger partial charge in [-0.2, -0.15) is 5.26 Å². The molecule has 1 rings (SSSR count). The van der Waals surface area contributed by atoms with E-state index in [1.165, 1.54) is 11.1 Å². The number of hydrogen-bond acceptors (Lipinski definition) is 2. The summed E-state index contributed by atoms with van der Waals surface area (Å²) in [6.07, 6.45) is 0.676. The van der Waals surface area contributed by atoms with Crippen molar-refractivity contribution >= 4 is 5.70 Å². The second kappa shape index (κ2) is 4.65. The molecule has 1 aromatic carbocycles. The van der Waals surface area contributed by atoms with Crippen LogP contribution in [-0.2, 0) is 0 Å². The SMILES string of the molecule is CC/C(C#N)=C(/N)c1ccc(C)c(C)c1. The van der Waals surface area contributed by atoms with Crippen LogP contribution in [-0.4, -0.2) is 0 Å². The van der Waals surface area contributed by atoms with E-state index in [9.17, 15) is 0 Å². The molecule has 2 N–H and O–H groups in total. The van der Waals surface area contributed by atoms with Crippen LogP contribution in [0.4, 0.5) is 0 Å². The van der Waals surface area contributed by atoms with E-state index < -0.39 is 0 Å². The van der Waals surface area contributed by atoms with E-state index in [0.29, 0.717) is 17.7 Å². The summed E-state index contributed by atoms with van der Waals surface area (Å²) in [4.78, 5) is 0. The largest absolute Gasteiger partial charge is 0.397 e. The quantitative estimate of drug-likeness (QED) is 0.746. The lowest BCUT2D eigenvalue weighted by Gasteiger charge is -2.07. The topological polar surface area (TPSA) is 49.8 Å². The van der Waals surface area contributed by atoms with Gasteiger partial charge in [0.25, 0.3) is 0 Å². The van der Waals surface area contributed by atoms with Crippen molar-refractivity contribution in [2.75, 3.05) is 0 Å². The highest BCUT2D eigenvalue weighted by Gasteiger charge is 2.04. The number of nitrogens with two attached hydrogens (primary N) is 1. The summed E-state index contributed by atoms with van der Waals surface area (Å²) in [6.45, 7) is 6.04. The van der Waals surface area contributed by atoms with E-state index in [-0.39, 0.29) is 0 Å². The first-order valence-electron chi connectivity index (χ1n) is 5.06. The molecule has 0 aliphatic heterocycles. The van der Waals surface area contributed by atoms with Crippen LogP contribution in [0.1, 0.15) is 30.0 Å². The fourth-order valence-corrected chi connectivity index (χ4v) is 1.41. The van der Waals surface area contributed by atoms with Gasteiger partial charge in [-0.15, -0.1) is 0 Å². The molecule has 0 spiro atoms. The maximum absolute atomic E-state index is 8.89. The van der Waals surface area contributed by atoms with E-state index >= 15 is 0 Å². The lowest BCUT2D eigenvalue weighted by Crippen LogP contribution is -2.01. The average Bonchev–Trinajstić information content (AvgIpc) is 2.23. The number of benzene rings is 1. The molecule has 0 aliphatic carbocycles. The normalized spacial score (nSPS) is 11.9. The van der Waals surface area contributed by atoms with Crippen LogP contribution in [0.25, 0.3) is 5.70 Å². The molecule has 0 amide bonds. The second-order valence-corrected chi connectivity index (χ2v) is 3.66. The van der Waals surface area contributed by atoms with Gasteiger partial charge in [-0.05, 0) is 43.0 Å². The van der Waals surface area contributed by atoms with Gasteiger partial charge in [-0.3, -0.25) is 0 Å². The average molecular weight is 200 g/mol. The van der Waals surface area contributed by atoms with Crippen LogP contribution in [0.2, 0.25) is 0 Å². The van der Waals surface area contributed by atoms with Gasteiger partial charge in [0, 0.05) is 0 Å². The van der Waals surface area contributed by atoms with Gasteiger partial charge in [0.2, 0.25) is 0 Å².